The Balaban J connectivity index is 1.29. The van der Waals surface area contributed by atoms with Crippen LogP contribution in [0.1, 0.15) is 32.3 Å². The van der Waals surface area contributed by atoms with Crippen LogP contribution in [0.3, 0.4) is 0 Å². The lowest BCUT2D eigenvalue weighted by molar-refractivity contribution is -0.126. The summed E-state index contributed by atoms with van der Waals surface area (Å²) >= 11 is 0. The second-order valence-electron chi connectivity index (χ2n) is 8.40. The van der Waals surface area contributed by atoms with Gasteiger partial charge in [-0.2, -0.15) is 4.31 Å². The van der Waals surface area contributed by atoms with Crippen LogP contribution in [0.25, 0.3) is 0 Å². The van der Waals surface area contributed by atoms with Gasteiger partial charge in [-0.1, -0.05) is 6.07 Å². The van der Waals surface area contributed by atoms with Gasteiger partial charge in [0.25, 0.3) is 0 Å². The van der Waals surface area contributed by atoms with Crippen molar-refractivity contribution in [2.24, 2.45) is 5.92 Å². The number of nitrogens with zero attached hydrogens (tertiary/aromatic N) is 3. The first-order valence-corrected chi connectivity index (χ1v) is 13.2. The number of fused-ring (bicyclic) bond motifs is 1. The number of rotatable bonds is 8. The molecule has 0 bridgehead atoms. The first-order valence-electron chi connectivity index (χ1n) is 11.8. The number of pyridine rings is 1. The smallest absolute Gasteiger partial charge is 0.243 e. The van der Waals surface area contributed by atoms with Crippen LogP contribution in [-0.4, -0.2) is 63.0 Å². The molecule has 0 spiro atoms. The molecule has 0 atom stereocenters. The molecule has 2 aliphatic heterocycles. The molecule has 0 saturated carbocycles. The number of amides is 1. The molecule has 2 aliphatic rings. The van der Waals surface area contributed by atoms with Gasteiger partial charge < -0.3 is 19.7 Å². The number of sulfonamides is 1. The Morgan fingerprint density at radius 1 is 1.09 bits per heavy atom. The largest absolute Gasteiger partial charge is 0.486 e. The lowest BCUT2D eigenvalue weighted by atomic mass is 9.97. The quantitative estimate of drug-likeness (QED) is 0.609. The molecule has 9 nitrogen and oxygen atoms in total. The van der Waals surface area contributed by atoms with Crippen molar-refractivity contribution in [3.05, 3.63) is 42.1 Å². The van der Waals surface area contributed by atoms with Gasteiger partial charge in [0.05, 0.1) is 4.90 Å². The van der Waals surface area contributed by atoms with Crippen molar-refractivity contribution in [2.75, 3.05) is 44.3 Å². The summed E-state index contributed by atoms with van der Waals surface area (Å²) in [6.07, 6.45) is 2.75. The standard InChI is InChI=1S/C24H32N4O5S/c1-3-27(4-2)23-8-5-18(16-25-23)17-26-24(29)19-9-11-28(12-10-19)34(30,31)20-6-7-21-22(15-20)33-14-13-32-21/h5-8,15-16,19H,3-4,9-14,17H2,1-2H3,(H,26,29). The summed E-state index contributed by atoms with van der Waals surface area (Å²) in [5.74, 6) is 1.66. The fraction of sp³-hybridized carbons (Fsp3) is 0.500. The summed E-state index contributed by atoms with van der Waals surface area (Å²) in [6, 6.07) is 8.63. The van der Waals surface area contributed by atoms with Crippen LogP contribution in [0, 0.1) is 5.92 Å². The molecule has 1 saturated heterocycles. The molecule has 1 amide bonds. The molecule has 1 aromatic heterocycles. The number of hydrogen-bond acceptors (Lipinski definition) is 7. The number of nitrogens with one attached hydrogen (secondary N) is 1. The van der Waals surface area contributed by atoms with Crippen molar-refractivity contribution < 1.29 is 22.7 Å². The highest BCUT2D eigenvalue weighted by atomic mass is 32.2. The van der Waals surface area contributed by atoms with E-state index in [0.717, 1.165) is 24.5 Å². The monoisotopic (exact) mass is 488 g/mol. The van der Waals surface area contributed by atoms with Crippen LogP contribution in [-0.2, 0) is 21.4 Å². The number of carbonyl (C=O) groups is 1. The maximum atomic E-state index is 13.1. The van der Waals surface area contributed by atoms with Gasteiger partial charge in [0.1, 0.15) is 19.0 Å². The van der Waals surface area contributed by atoms with Gasteiger partial charge in [-0.15, -0.1) is 0 Å². The summed E-state index contributed by atoms with van der Waals surface area (Å²) in [5.41, 5.74) is 0.933. The van der Waals surface area contributed by atoms with E-state index in [-0.39, 0.29) is 16.7 Å². The summed E-state index contributed by atoms with van der Waals surface area (Å²) in [7, 11) is -3.66. The van der Waals surface area contributed by atoms with E-state index in [9.17, 15) is 13.2 Å². The normalized spacial score (nSPS) is 16.8. The Kier molecular flexibility index (Phi) is 7.57. The molecule has 10 heteroatoms. The van der Waals surface area contributed by atoms with Crippen LogP contribution < -0.4 is 19.7 Å². The number of hydrogen-bond donors (Lipinski definition) is 1. The van der Waals surface area contributed by atoms with E-state index < -0.39 is 10.0 Å². The van der Waals surface area contributed by atoms with Crippen molar-refractivity contribution in [3.8, 4) is 11.5 Å². The average Bonchev–Trinajstić information content (AvgIpc) is 2.88. The average molecular weight is 489 g/mol. The third kappa shape index (κ3) is 5.28. The molecule has 184 valence electrons. The molecule has 4 rings (SSSR count). The lowest BCUT2D eigenvalue weighted by Gasteiger charge is -2.31. The molecular formula is C24H32N4O5S. The third-order valence-electron chi connectivity index (χ3n) is 6.34. The lowest BCUT2D eigenvalue weighted by Crippen LogP contribution is -2.42. The fourth-order valence-corrected chi connectivity index (χ4v) is 5.77. The highest BCUT2D eigenvalue weighted by Gasteiger charge is 2.32. The summed E-state index contributed by atoms with van der Waals surface area (Å²) in [5, 5.41) is 2.97. The van der Waals surface area contributed by atoms with Crippen molar-refractivity contribution >= 4 is 21.7 Å². The summed E-state index contributed by atoms with van der Waals surface area (Å²) in [4.78, 5) is 19.5. The molecule has 1 aromatic carbocycles. The van der Waals surface area contributed by atoms with Gasteiger partial charge in [0.15, 0.2) is 11.5 Å². The molecule has 1 fully saturated rings. The van der Waals surface area contributed by atoms with E-state index in [4.69, 9.17) is 9.47 Å². The highest BCUT2D eigenvalue weighted by Crippen LogP contribution is 2.34. The molecule has 2 aromatic rings. The number of benzene rings is 1. The Labute approximate surface area is 201 Å². The van der Waals surface area contributed by atoms with Crippen LogP contribution in [0.2, 0.25) is 0 Å². The number of carbonyl (C=O) groups excluding carboxylic acids is 1. The van der Waals surface area contributed by atoms with Crippen molar-refractivity contribution in [1.29, 1.82) is 0 Å². The van der Waals surface area contributed by atoms with Crippen LogP contribution in [0.4, 0.5) is 5.82 Å². The third-order valence-corrected chi connectivity index (χ3v) is 8.23. The predicted molar refractivity (Wildman–Crippen MR) is 129 cm³/mol. The Bertz CT molecular complexity index is 1090. The SMILES string of the molecule is CCN(CC)c1ccc(CNC(=O)C2CCN(S(=O)(=O)c3ccc4c(c3)OCCO4)CC2)cn1. The fourth-order valence-electron chi connectivity index (χ4n) is 4.28. The van der Waals surface area contributed by atoms with E-state index in [1.54, 1.807) is 18.3 Å². The zero-order chi connectivity index (χ0) is 24.1. The summed E-state index contributed by atoms with van der Waals surface area (Å²) < 4.78 is 38.6. The molecule has 0 radical (unpaired) electrons. The number of aromatic nitrogens is 1. The second kappa shape index (κ2) is 10.6. The highest BCUT2D eigenvalue weighted by molar-refractivity contribution is 7.89. The maximum absolute atomic E-state index is 13.1. The van der Waals surface area contributed by atoms with E-state index in [1.165, 1.54) is 10.4 Å². The molecule has 3 heterocycles. The minimum atomic E-state index is -3.66. The molecular weight excluding hydrogens is 456 g/mol. The summed E-state index contributed by atoms with van der Waals surface area (Å²) in [6.45, 7) is 7.81. The van der Waals surface area contributed by atoms with Crippen molar-refractivity contribution in [1.82, 2.24) is 14.6 Å². The van der Waals surface area contributed by atoms with Crippen LogP contribution in [0.5, 0.6) is 11.5 Å². The zero-order valence-corrected chi connectivity index (χ0v) is 20.5. The molecule has 1 N–H and O–H groups in total. The van der Waals surface area contributed by atoms with E-state index in [1.807, 2.05) is 12.1 Å². The van der Waals surface area contributed by atoms with E-state index in [2.05, 4.69) is 29.0 Å². The Morgan fingerprint density at radius 3 is 2.44 bits per heavy atom. The molecule has 0 aliphatic carbocycles. The molecule has 34 heavy (non-hydrogen) atoms. The topological polar surface area (TPSA) is 101 Å². The van der Waals surface area contributed by atoms with Crippen molar-refractivity contribution in [2.45, 2.75) is 38.1 Å². The molecule has 0 unspecified atom stereocenters. The number of ether oxygens (including phenoxy) is 2. The minimum Gasteiger partial charge on any atom is -0.486 e. The maximum Gasteiger partial charge on any atom is 0.243 e. The van der Waals surface area contributed by atoms with E-state index in [0.29, 0.717) is 57.2 Å². The van der Waals surface area contributed by atoms with Crippen LogP contribution in [0.15, 0.2) is 41.4 Å². The van der Waals surface area contributed by atoms with E-state index >= 15 is 0 Å². The van der Waals surface area contributed by atoms with Crippen molar-refractivity contribution in [3.63, 3.8) is 0 Å². The number of piperidine rings is 1. The van der Waals surface area contributed by atoms with Gasteiger partial charge in [-0.05, 0) is 50.5 Å². The minimum absolute atomic E-state index is 0.0517. The van der Waals surface area contributed by atoms with Crippen LogP contribution >= 0.6 is 0 Å². The first kappa shape index (κ1) is 24.3. The van der Waals surface area contributed by atoms with Gasteiger partial charge >= 0.3 is 0 Å². The van der Waals surface area contributed by atoms with Gasteiger partial charge in [0, 0.05) is 50.9 Å². The van der Waals surface area contributed by atoms with Gasteiger partial charge in [0.2, 0.25) is 15.9 Å². The second-order valence-corrected chi connectivity index (χ2v) is 10.3. The number of anilines is 1. The first-order chi connectivity index (χ1) is 16.4. The Hall–Kier alpha value is -2.85. The predicted octanol–water partition coefficient (Wildman–Crippen LogP) is 2.42. The Morgan fingerprint density at radius 2 is 1.79 bits per heavy atom. The van der Waals surface area contributed by atoms with Gasteiger partial charge in [-0.25, -0.2) is 13.4 Å². The van der Waals surface area contributed by atoms with Gasteiger partial charge in [-0.3, -0.25) is 4.79 Å². The zero-order valence-electron chi connectivity index (χ0n) is 19.7.